The third-order valence-corrected chi connectivity index (χ3v) is 4.16. The number of carbonyl (C=O) groups is 3. The van der Waals surface area contributed by atoms with E-state index in [1.165, 1.54) is 19.1 Å². The van der Waals surface area contributed by atoms with E-state index in [-0.39, 0.29) is 43.3 Å². The van der Waals surface area contributed by atoms with Crippen LogP contribution in [0.25, 0.3) is 0 Å². The molecule has 1 aliphatic rings. The molecule has 0 spiro atoms. The van der Waals surface area contributed by atoms with Crippen molar-refractivity contribution < 1.29 is 47.8 Å². The number of esters is 2. The Morgan fingerprint density at radius 2 is 1.92 bits per heavy atom. The molecular weight excluding hydrogens is 333 g/mol. The molecular formula is C18H20LiNO6. The molecule has 1 heterocycles. The molecule has 0 unspecified atom stereocenters. The molecule has 0 aliphatic carbocycles. The van der Waals surface area contributed by atoms with Gasteiger partial charge in [0, 0.05) is 24.2 Å². The van der Waals surface area contributed by atoms with Crippen LogP contribution in [0.5, 0.6) is 0 Å². The minimum atomic E-state index is -0.822. The van der Waals surface area contributed by atoms with Crippen LogP contribution < -0.4 is 24.0 Å². The van der Waals surface area contributed by atoms with Crippen LogP contribution in [0.3, 0.4) is 0 Å². The Morgan fingerprint density at radius 1 is 1.27 bits per heavy atom. The van der Waals surface area contributed by atoms with Crippen molar-refractivity contribution in [2.24, 2.45) is 5.92 Å². The third-order valence-electron chi connectivity index (χ3n) is 4.16. The second-order valence-electron chi connectivity index (χ2n) is 5.56. The zero-order valence-electron chi connectivity index (χ0n) is 15.1. The van der Waals surface area contributed by atoms with E-state index in [0.717, 1.165) is 6.08 Å². The number of piperidine rings is 1. The number of hydrogen-bond donors (Lipinski definition) is 0. The Hall–Kier alpha value is -2.07. The maximum absolute atomic E-state index is 12.5. The minimum absolute atomic E-state index is 0. The largest absolute Gasteiger partial charge is 1.00 e. The van der Waals surface area contributed by atoms with Gasteiger partial charge in [0.2, 0.25) is 5.91 Å². The molecule has 0 N–H and O–H groups in total. The van der Waals surface area contributed by atoms with E-state index < -0.39 is 30.5 Å². The molecule has 0 radical (unpaired) electrons. The number of amides is 1. The molecule has 0 saturated carbocycles. The Balaban J connectivity index is 0.00000338. The quantitative estimate of drug-likeness (QED) is 0.332. The zero-order chi connectivity index (χ0) is 18.4. The van der Waals surface area contributed by atoms with Gasteiger partial charge in [-0.2, -0.15) is 0 Å². The normalized spacial score (nSPS) is 19.5. The molecule has 1 saturated heterocycles. The van der Waals surface area contributed by atoms with Crippen molar-refractivity contribution in [3.63, 3.8) is 0 Å². The first-order valence-electron chi connectivity index (χ1n) is 7.86. The smallest absolute Gasteiger partial charge is 0.853 e. The summed E-state index contributed by atoms with van der Waals surface area (Å²) >= 11 is 0. The molecule has 2 atom stereocenters. The van der Waals surface area contributed by atoms with Crippen molar-refractivity contribution in [2.45, 2.75) is 18.9 Å². The Morgan fingerprint density at radius 3 is 2.46 bits per heavy atom. The van der Waals surface area contributed by atoms with Crippen LogP contribution in [0.4, 0.5) is 0 Å². The van der Waals surface area contributed by atoms with Gasteiger partial charge in [-0.25, -0.2) is 4.79 Å². The van der Waals surface area contributed by atoms with E-state index >= 15 is 0 Å². The maximum Gasteiger partial charge on any atom is 1.00 e. The number of likely N-dealkylation sites (tertiary alicyclic amines) is 1. The van der Waals surface area contributed by atoms with E-state index in [1.54, 1.807) is 30.3 Å². The van der Waals surface area contributed by atoms with Gasteiger partial charge in [-0.05, 0) is 12.0 Å². The summed E-state index contributed by atoms with van der Waals surface area (Å²) in [6.07, 6.45) is 1.39. The molecule has 1 aromatic carbocycles. The Kier molecular flexibility index (Phi) is 8.59. The first kappa shape index (κ1) is 22.0. The molecule has 0 bridgehead atoms. The van der Waals surface area contributed by atoms with Crippen LogP contribution in [-0.2, 0) is 23.9 Å². The van der Waals surface area contributed by atoms with Crippen molar-refractivity contribution in [3.05, 3.63) is 47.7 Å². The summed E-state index contributed by atoms with van der Waals surface area (Å²) in [6.45, 7) is -0.609. The van der Waals surface area contributed by atoms with E-state index in [0.29, 0.717) is 5.56 Å². The van der Waals surface area contributed by atoms with Crippen molar-refractivity contribution in [1.29, 1.82) is 0 Å². The van der Waals surface area contributed by atoms with Crippen LogP contribution in [0.2, 0.25) is 0 Å². The van der Waals surface area contributed by atoms with Gasteiger partial charge in [0.05, 0.1) is 20.1 Å². The number of carbonyl (C=O) groups excluding carboxylic acids is 3. The number of hydrogen-bond acceptors (Lipinski definition) is 6. The predicted octanol–water partition coefficient (Wildman–Crippen LogP) is -2.44. The summed E-state index contributed by atoms with van der Waals surface area (Å²) in [6, 6.07) is 7.95. The maximum atomic E-state index is 12.5. The average Bonchev–Trinajstić information content (AvgIpc) is 2.64. The van der Waals surface area contributed by atoms with E-state index in [2.05, 4.69) is 4.74 Å². The Labute approximate surface area is 164 Å². The van der Waals surface area contributed by atoms with Crippen molar-refractivity contribution >= 4 is 17.8 Å². The molecule has 1 aliphatic heterocycles. The van der Waals surface area contributed by atoms with Gasteiger partial charge >= 0.3 is 30.8 Å². The fourth-order valence-corrected chi connectivity index (χ4v) is 2.93. The number of nitrogens with zero attached hydrogens (tertiary/aromatic N) is 1. The molecule has 7 nitrogen and oxygen atoms in total. The summed E-state index contributed by atoms with van der Waals surface area (Å²) in [5, 5.41) is 11.9. The van der Waals surface area contributed by atoms with Gasteiger partial charge in [0.1, 0.15) is 0 Å². The van der Waals surface area contributed by atoms with Crippen molar-refractivity contribution in [1.82, 2.24) is 4.90 Å². The van der Waals surface area contributed by atoms with Crippen LogP contribution in [0.15, 0.2) is 42.1 Å². The van der Waals surface area contributed by atoms with Gasteiger partial charge in [-0.15, -0.1) is 6.61 Å². The SMILES string of the molecule is COC(=O)/C=C1\[C@H](C(=O)OC)CCC(=O)N1[C@@H](C[O-])c1ccccc1.[Li+]. The number of benzene rings is 1. The molecule has 8 heteroatoms. The van der Waals surface area contributed by atoms with Gasteiger partial charge < -0.3 is 19.5 Å². The topological polar surface area (TPSA) is 96.0 Å². The average molecular weight is 353 g/mol. The van der Waals surface area contributed by atoms with E-state index in [9.17, 15) is 19.5 Å². The van der Waals surface area contributed by atoms with Crippen LogP contribution >= 0.6 is 0 Å². The Bertz CT molecular complexity index is 676. The van der Waals surface area contributed by atoms with Gasteiger partial charge in [-0.3, -0.25) is 9.59 Å². The summed E-state index contributed by atoms with van der Waals surface area (Å²) in [7, 11) is 2.44. The number of ether oxygens (including phenoxy) is 2. The van der Waals surface area contributed by atoms with Gasteiger partial charge in [0.25, 0.3) is 0 Å². The summed E-state index contributed by atoms with van der Waals surface area (Å²) in [5.41, 5.74) is 0.770. The molecule has 134 valence electrons. The standard InChI is InChI=1S/C18H20NO6.Li/c1-24-17(22)10-14-13(18(23)25-2)8-9-16(21)19(14)15(11-20)12-6-4-3-5-7-12;/h3-7,10,13,15H,8-9,11H2,1-2H3;/q-1;+1/b14-10+;/t13-,15+;/m1./s1. The molecule has 2 rings (SSSR count). The predicted molar refractivity (Wildman–Crippen MR) is 85.7 cm³/mol. The van der Waals surface area contributed by atoms with Crippen LogP contribution in [-0.4, -0.2) is 43.6 Å². The summed E-state index contributed by atoms with van der Waals surface area (Å²) in [5.74, 6) is -2.40. The van der Waals surface area contributed by atoms with E-state index in [1.807, 2.05) is 0 Å². The third kappa shape index (κ3) is 4.76. The molecule has 0 aromatic heterocycles. The second-order valence-corrected chi connectivity index (χ2v) is 5.56. The zero-order valence-corrected chi connectivity index (χ0v) is 15.1. The first-order chi connectivity index (χ1) is 12.0. The minimum Gasteiger partial charge on any atom is -0.853 e. The molecule has 1 fully saturated rings. The fourth-order valence-electron chi connectivity index (χ4n) is 2.93. The van der Waals surface area contributed by atoms with E-state index in [4.69, 9.17) is 4.74 Å². The van der Waals surface area contributed by atoms with Crippen molar-refractivity contribution in [2.75, 3.05) is 20.8 Å². The fraction of sp³-hybridized carbons (Fsp3) is 0.389. The van der Waals surface area contributed by atoms with Crippen LogP contribution in [0, 0.1) is 5.92 Å². The number of methoxy groups -OCH3 is 2. The monoisotopic (exact) mass is 353 g/mol. The van der Waals surface area contributed by atoms with Crippen LogP contribution in [0.1, 0.15) is 24.4 Å². The molecule has 1 aromatic rings. The summed E-state index contributed by atoms with van der Waals surface area (Å²) < 4.78 is 9.42. The van der Waals surface area contributed by atoms with Gasteiger partial charge in [0.15, 0.2) is 0 Å². The molecule has 1 amide bonds. The van der Waals surface area contributed by atoms with Gasteiger partial charge in [-0.1, -0.05) is 30.3 Å². The van der Waals surface area contributed by atoms with Crippen molar-refractivity contribution in [3.8, 4) is 0 Å². The summed E-state index contributed by atoms with van der Waals surface area (Å²) in [4.78, 5) is 37.7. The second kappa shape index (κ2) is 10.2. The molecule has 26 heavy (non-hydrogen) atoms. The number of rotatable bonds is 5. The first-order valence-corrected chi connectivity index (χ1v) is 7.86.